The van der Waals surface area contributed by atoms with E-state index in [1.165, 1.54) is 19.4 Å². The third kappa shape index (κ3) is 1.12. The van der Waals surface area contributed by atoms with E-state index < -0.39 is 0 Å². The second-order valence-corrected chi connectivity index (χ2v) is 4.11. The fraction of sp³-hybridized carbons (Fsp3) is 0.800. The summed E-state index contributed by atoms with van der Waals surface area (Å²) in [6, 6.07) is 1.72. The van der Waals surface area contributed by atoms with E-state index in [0.717, 1.165) is 18.0 Å². The fourth-order valence-corrected chi connectivity index (χ4v) is 2.50. The van der Waals surface area contributed by atoms with Gasteiger partial charge in [0.2, 0.25) is 0 Å². The van der Waals surface area contributed by atoms with Gasteiger partial charge in [-0.15, -0.1) is 0 Å². The Hall–Kier alpha value is -0.300. The number of fused-ring (bicyclic) bond motifs is 1. The summed E-state index contributed by atoms with van der Waals surface area (Å²) in [6.45, 7) is 6.13. The molecular formula is C10H18N+. The lowest BCUT2D eigenvalue weighted by Gasteiger charge is -2.32. The summed E-state index contributed by atoms with van der Waals surface area (Å²) in [5, 5.41) is 0. The van der Waals surface area contributed by atoms with E-state index in [4.69, 9.17) is 0 Å². The molecule has 4 atom stereocenters. The molecule has 1 N–H and O–H groups in total. The Kier molecular flexibility index (Phi) is 1.76. The molecule has 62 valence electrons. The Labute approximate surface area is 69.1 Å². The van der Waals surface area contributed by atoms with Gasteiger partial charge in [-0.05, 0) is 13.0 Å². The van der Waals surface area contributed by atoms with Gasteiger partial charge in [0, 0.05) is 18.8 Å². The number of quaternary nitrogens is 1. The molecule has 0 saturated carbocycles. The lowest BCUT2D eigenvalue weighted by Crippen LogP contribution is -3.18. The van der Waals surface area contributed by atoms with Crippen LogP contribution in [0, 0.1) is 5.92 Å². The van der Waals surface area contributed by atoms with Crippen molar-refractivity contribution in [1.29, 1.82) is 0 Å². The predicted octanol–water partition coefficient (Wildman–Crippen LogP) is 0.628. The minimum absolute atomic E-state index is 0.791. The van der Waals surface area contributed by atoms with Gasteiger partial charge >= 0.3 is 0 Å². The number of hydrogen-bond donors (Lipinski definition) is 1. The number of hydrogen-bond acceptors (Lipinski definition) is 0. The number of nitrogens with one attached hydrogen (secondary N) is 1. The van der Waals surface area contributed by atoms with E-state index in [1.807, 2.05) is 4.90 Å². The van der Waals surface area contributed by atoms with Crippen molar-refractivity contribution in [3.8, 4) is 0 Å². The molecule has 11 heavy (non-hydrogen) atoms. The van der Waals surface area contributed by atoms with Crippen LogP contribution in [0.2, 0.25) is 0 Å². The SMILES string of the molecule is C[C@@H]1C=C[C@@H]2CCC[NH+]2[C@@H]1C. The average molecular weight is 152 g/mol. The van der Waals surface area contributed by atoms with Crippen molar-refractivity contribution in [3.05, 3.63) is 12.2 Å². The van der Waals surface area contributed by atoms with Crippen molar-refractivity contribution in [1.82, 2.24) is 0 Å². The summed E-state index contributed by atoms with van der Waals surface area (Å²) in [7, 11) is 0. The zero-order valence-corrected chi connectivity index (χ0v) is 7.51. The number of rotatable bonds is 0. The lowest BCUT2D eigenvalue weighted by molar-refractivity contribution is -0.933. The second-order valence-electron chi connectivity index (χ2n) is 4.11. The first kappa shape index (κ1) is 7.35. The Balaban J connectivity index is 2.17. The van der Waals surface area contributed by atoms with Crippen molar-refractivity contribution in [2.45, 2.75) is 38.8 Å². The minimum atomic E-state index is 0.791. The van der Waals surface area contributed by atoms with E-state index in [9.17, 15) is 0 Å². The Bertz CT molecular complexity index is 174. The van der Waals surface area contributed by atoms with Crippen LogP contribution in [-0.4, -0.2) is 18.6 Å². The molecule has 1 heteroatoms. The standard InChI is InChI=1S/C10H17N/c1-8-5-6-10-4-3-7-11(10)9(8)2/h5-6,8-10H,3-4,7H2,1-2H3/p+1/t8-,9-,10+/m1/s1. The molecule has 1 nitrogen and oxygen atoms in total. The van der Waals surface area contributed by atoms with Crippen LogP contribution in [0.3, 0.4) is 0 Å². The van der Waals surface area contributed by atoms with Gasteiger partial charge < -0.3 is 4.90 Å². The second kappa shape index (κ2) is 2.63. The molecule has 0 aromatic heterocycles. The highest BCUT2D eigenvalue weighted by molar-refractivity contribution is 4.99. The summed E-state index contributed by atoms with van der Waals surface area (Å²) < 4.78 is 0. The Morgan fingerprint density at radius 3 is 2.91 bits per heavy atom. The molecule has 0 aromatic rings. The van der Waals surface area contributed by atoms with E-state index in [0.29, 0.717) is 0 Å². The average Bonchev–Trinajstić information content (AvgIpc) is 2.45. The van der Waals surface area contributed by atoms with Crippen molar-refractivity contribution in [2.24, 2.45) is 5.92 Å². The van der Waals surface area contributed by atoms with Crippen LogP contribution in [0.4, 0.5) is 0 Å². The molecule has 1 fully saturated rings. The zero-order chi connectivity index (χ0) is 7.84. The van der Waals surface area contributed by atoms with Crippen LogP contribution in [-0.2, 0) is 0 Å². The van der Waals surface area contributed by atoms with Crippen LogP contribution in [0.25, 0.3) is 0 Å². The molecule has 1 unspecified atom stereocenters. The first-order chi connectivity index (χ1) is 5.29. The normalized spacial score (nSPS) is 49.3. The highest BCUT2D eigenvalue weighted by atomic mass is 15.2. The third-order valence-corrected chi connectivity index (χ3v) is 3.48. The van der Waals surface area contributed by atoms with Gasteiger partial charge in [0.05, 0.1) is 12.6 Å². The maximum absolute atomic E-state index is 2.44. The molecule has 2 heterocycles. The first-order valence-electron chi connectivity index (χ1n) is 4.83. The molecule has 0 radical (unpaired) electrons. The highest BCUT2D eigenvalue weighted by Gasteiger charge is 2.35. The molecule has 0 aliphatic carbocycles. The Morgan fingerprint density at radius 2 is 2.09 bits per heavy atom. The maximum Gasteiger partial charge on any atom is 0.107 e. The Morgan fingerprint density at radius 1 is 1.27 bits per heavy atom. The molecular weight excluding hydrogens is 134 g/mol. The van der Waals surface area contributed by atoms with Crippen LogP contribution in [0.1, 0.15) is 26.7 Å². The molecule has 2 rings (SSSR count). The minimum Gasteiger partial charge on any atom is -0.327 e. The molecule has 0 bridgehead atoms. The molecule has 2 aliphatic heterocycles. The summed E-state index contributed by atoms with van der Waals surface area (Å²) in [5.74, 6) is 0.791. The van der Waals surface area contributed by atoms with Crippen LogP contribution in [0.15, 0.2) is 12.2 Å². The molecule has 1 saturated heterocycles. The summed E-state index contributed by atoms with van der Waals surface area (Å²) in [6.07, 6.45) is 7.70. The summed E-state index contributed by atoms with van der Waals surface area (Å²) in [5.41, 5.74) is 0. The van der Waals surface area contributed by atoms with Gasteiger partial charge in [0.25, 0.3) is 0 Å². The fourth-order valence-electron chi connectivity index (χ4n) is 2.50. The topological polar surface area (TPSA) is 4.44 Å². The van der Waals surface area contributed by atoms with E-state index in [2.05, 4.69) is 26.0 Å². The van der Waals surface area contributed by atoms with Gasteiger partial charge in [-0.1, -0.05) is 13.0 Å². The summed E-state index contributed by atoms with van der Waals surface area (Å²) >= 11 is 0. The summed E-state index contributed by atoms with van der Waals surface area (Å²) in [4.78, 5) is 1.83. The highest BCUT2D eigenvalue weighted by Crippen LogP contribution is 2.13. The van der Waals surface area contributed by atoms with Crippen molar-refractivity contribution < 1.29 is 4.90 Å². The van der Waals surface area contributed by atoms with Gasteiger partial charge in [0.1, 0.15) is 6.04 Å². The molecule has 0 spiro atoms. The van der Waals surface area contributed by atoms with Gasteiger partial charge in [-0.3, -0.25) is 0 Å². The van der Waals surface area contributed by atoms with Gasteiger partial charge in [-0.25, -0.2) is 0 Å². The van der Waals surface area contributed by atoms with Crippen LogP contribution in [0.5, 0.6) is 0 Å². The largest absolute Gasteiger partial charge is 0.327 e. The van der Waals surface area contributed by atoms with Gasteiger partial charge in [-0.2, -0.15) is 0 Å². The third-order valence-electron chi connectivity index (χ3n) is 3.48. The van der Waals surface area contributed by atoms with Crippen LogP contribution < -0.4 is 4.90 Å². The first-order valence-corrected chi connectivity index (χ1v) is 4.83. The predicted molar refractivity (Wildman–Crippen MR) is 46.6 cm³/mol. The molecule has 0 aromatic carbocycles. The monoisotopic (exact) mass is 152 g/mol. The smallest absolute Gasteiger partial charge is 0.107 e. The molecule has 2 aliphatic rings. The van der Waals surface area contributed by atoms with Crippen molar-refractivity contribution >= 4 is 0 Å². The van der Waals surface area contributed by atoms with Gasteiger partial charge in [0.15, 0.2) is 0 Å². The van der Waals surface area contributed by atoms with Crippen LogP contribution >= 0.6 is 0 Å². The van der Waals surface area contributed by atoms with Crippen molar-refractivity contribution in [3.63, 3.8) is 0 Å². The van der Waals surface area contributed by atoms with E-state index >= 15 is 0 Å². The quantitative estimate of drug-likeness (QED) is 0.486. The van der Waals surface area contributed by atoms with Crippen molar-refractivity contribution in [2.75, 3.05) is 6.54 Å². The zero-order valence-electron chi connectivity index (χ0n) is 7.51. The maximum atomic E-state index is 2.44. The van der Waals surface area contributed by atoms with E-state index in [-0.39, 0.29) is 0 Å². The molecule has 0 amide bonds. The lowest BCUT2D eigenvalue weighted by atomic mass is 9.95. The van der Waals surface area contributed by atoms with E-state index in [1.54, 1.807) is 0 Å².